The predicted molar refractivity (Wildman–Crippen MR) is 110 cm³/mol. The first-order valence-electron chi connectivity index (χ1n) is 9.15. The fourth-order valence-electron chi connectivity index (χ4n) is 4.54. The lowest BCUT2D eigenvalue weighted by Crippen LogP contribution is -2.38. The molecular weight excluding hydrogens is 304 g/mol. The van der Waals surface area contributed by atoms with Crippen LogP contribution in [0.15, 0.2) is 65.8 Å². The molecule has 2 atom stereocenters. The molecule has 3 rings (SSSR count). The first kappa shape index (κ1) is 17.2. The van der Waals surface area contributed by atoms with E-state index in [1.54, 1.807) is 11.1 Å². The largest absolute Gasteiger partial charge is 0.103 e. The molecule has 0 aromatic heterocycles. The highest BCUT2D eigenvalue weighted by atomic mass is 28.3. The molecule has 2 aliphatic rings. The van der Waals surface area contributed by atoms with Gasteiger partial charge in [0.05, 0.1) is 8.07 Å². The molecule has 24 heavy (non-hydrogen) atoms. The summed E-state index contributed by atoms with van der Waals surface area (Å²) < 4.78 is 0. The average Bonchev–Trinajstić information content (AvgIpc) is 3.07. The maximum absolute atomic E-state index is 3.90. The van der Waals surface area contributed by atoms with Crippen molar-refractivity contribution in [3.8, 4) is 0 Å². The van der Waals surface area contributed by atoms with E-state index in [1.807, 2.05) is 6.08 Å². The van der Waals surface area contributed by atoms with Crippen LogP contribution in [0.25, 0.3) is 5.57 Å². The summed E-state index contributed by atoms with van der Waals surface area (Å²) in [5.74, 6) is 0. The number of hydrogen-bond acceptors (Lipinski definition) is 0. The van der Waals surface area contributed by atoms with Crippen molar-refractivity contribution in [1.82, 2.24) is 0 Å². The predicted octanol–water partition coefficient (Wildman–Crippen LogP) is 7.05. The third kappa shape index (κ3) is 2.69. The smallest absolute Gasteiger partial charge is 0.0711 e. The van der Waals surface area contributed by atoms with Crippen molar-refractivity contribution in [1.29, 1.82) is 0 Å². The number of fused-ring (bicyclic) bond motifs is 1. The monoisotopic (exact) mass is 334 g/mol. The molecule has 2 unspecified atom stereocenters. The minimum atomic E-state index is -1.55. The van der Waals surface area contributed by atoms with Gasteiger partial charge in [-0.2, -0.15) is 0 Å². The lowest BCUT2D eigenvalue weighted by Gasteiger charge is -2.35. The standard InChI is InChI=1S/C23H30Si/c1-7-8-11-19-15-23(21-13-10-9-12-20(19)21)24(5,6)22-14-16(2)17(3)18(22)4/h7,9-10,12-15,22-23H,1,8,11H2,2-6H3. The van der Waals surface area contributed by atoms with E-state index in [1.165, 1.54) is 22.3 Å². The molecule has 0 radical (unpaired) electrons. The van der Waals surface area contributed by atoms with Crippen LogP contribution in [0.5, 0.6) is 0 Å². The molecule has 126 valence electrons. The minimum Gasteiger partial charge on any atom is -0.103 e. The van der Waals surface area contributed by atoms with E-state index in [0.717, 1.165) is 12.8 Å². The quantitative estimate of drug-likeness (QED) is 0.400. The zero-order valence-corrected chi connectivity index (χ0v) is 16.8. The molecule has 1 aromatic carbocycles. The zero-order valence-electron chi connectivity index (χ0n) is 15.8. The summed E-state index contributed by atoms with van der Waals surface area (Å²) in [5, 5.41) is 0. The summed E-state index contributed by atoms with van der Waals surface area (Å²) in [6.07, 6.45) is 9.38. The highest BCUT2D eigenvalue weighted by Gasteiger charge is 2.43. The molecule has 0 saturated carbocycles. The molecule has 0 heterocycles. The molecule has 0 aliphatic heterocycles. The van der Waals surface area contributed by atoms with Crippen LogP contribution in [0.4, 0.5) is 0 Å². The number of rotatable bonds is 5. The Kier molecular flexibility index (Phi) is 4.57. The van der Waals surface area contributed by atoms with Gasteiger partial charge in [-0.1, -0.05) is 66.7 Å². The van der Waals surface area contributed by atoms with Crippen molar-refractivity contribution < 1.29 is 0 Å². The van der Waals surface area contributed by atoms with Gasteiger partial charge < -0.3 is 0 Å². The summed E-state index contributed by atoms with van der Waals surface area (Å²) in [6, 6.07) is 9.08. The van der Waals surface area contributed by atoms with Crippen molar-refractivity contribution in [2.75, 3.05) is 0 Å². The van der Waals surface area contributed by atoms with Crippen molar-refractivity contribution in [3.63, 3.8) is 0 Å². The van der Waals surface area contributed by atoms with E-state index in [4.69, 9.17) is 0 Å². The van der Waals surface area contributed by atoms with Crippen LogP contribution in [-0.4, -0.2) is 8.07 Å². The summed E-state index contributed by atoms with van der Waals surface area (Å²) >= 11 is 0. The van der Waals surface area contributed by atoms with Gasteiger partial charge in [0, 0.05) is 0 Å². The summed E-state index contributed by atoms with van der Waals surface area (Å²) in [5.41, 5.74) is 10.5. The van der Waals surface area contributed by atoms with Crippen LogP contribution in [0.3, 0.4) is 0 Å². The summed E-state index contributed by atoms with van der Waals surface area (Å²) in [4.78, 5) is 0. The van der Waals surface area contributed by atoms with Gasteiger partial charge in [-0.3, -0.25) is 0 Å². The van der Waals surface area contributed by atoms with E-state index in [-0.39, 0.29) is 0 Å². The fourth-order valence-corrected chi connectivity index (χ4v) is 8.63. The molecule has 2 aliphatic carbocycles. The first-order valence-corrected chi connectivity index (χ1v) is 12.3. The van der Waals surface area contributed by atoms with Crippen molar-refractivity contribution in [2.24, 2.45) is 0 Å². The molecule has 0 N–H and O–H groups in total. The normalized spacial score (nSPS) is 23.2. The Bertz CT molecular complexity index is 758. The Hall–Kier alpha value is -1.60. The minimum absolute atomic E-state index is 0.614. The summed E-state index contributed by atoms with van der Waals surface area (Å²) in [7, 11) is -1.55. The van der Waals surface area contributed by atoms with Gasteiger partial charge in [0.15, 0.2) is 0 Å². The molecular formula is C23H30Si. The van der Waals surface area contributed by atoms with Gasteiger partial charge in [0.1, 0.15) is 0 Å². The molecule has 1 heteroatoms. The van der Waals surface area contributed by atoms with Crippen molar-refractivity contribution >= 4 is 13.6 Å². The fraction of sp³-hybridized carbons (Fsp3) is 0.391. The Morgan fingerprint density at radius 2 is 1.75 bits per heavy atom. The van der Waals surface area contributed by atoms with Crippen LogP contribution < -0.4 is 0 Å². The molecule has 0 spiro atoms. The zero-order chi connectivity index (χ0) is 17.5. The topological polar surface area (TPSA) is 0 Å². The van der Waals surface area contributed by atoms with E-state index >= 15 is 0 Å². The molecule has 0 bridgehead atoms. The molecule has 0 fully saturated rings. The second-order valence-corrected chi connectivity index (χ2v) is 12.9. The van der Waals surface area contributed by atoms with Gasteiger partial charge in [0.25, 0.3) is 0 Å². The Balaban J connectivity index is 2.02. The maximum Gasteiger partial charge on any atom is 0.0711 e. The van der Waals surface area contributed by atoms with Crippen LogP contribution in [0, 0.1) is 0 Å². The molecule has 0 nitrogen and oxygen atoms in total. The number of hydrogen-bond donors (Lipinski definition) is 0. The first-order chi connectivity index (χ1) is 11.4. The SMILES string of the molecule is C=CCCC1=CC([Si](C)(C)C2C=C(C)C(C)=C2C)c2ccccc21. The maximum atomic E-state index is 3.90. The van der Waals surface area contributed by atoms with Gasteiger partial charge in [-0.25, -0.2) is 0 Å². The van der Waals surface area contributed by atoms with Gasteiger partial charge >= 0.3 is 0 Å². The highest BCUT2D eigenvalue weighted by Crippen LogP contribution is 2.51. The molecule has 0 amide bonds. The average molecular weight is 335 g/mol. The third-order valence-electron chi connectivity index (χ3n) is 6.30. The van der Waals surface area contributed by atoms with Crippen molar-refractivity contribution in [3.05, 3.63) is 76.9 Å². The molecule has 1 aromatic rings. The van der Waals surface area contributed by atoms with E-state index in [9.17, 15) is 0 Å². The van der Waals surface area contributed by atoms with Crippen LogP contribution in [0.1, 0.15) is 50.3 Å². The van der Waals surface area contributed by atoms with E-state index in [0.29, 0.717) is 11.1 Å². The Morgan fingerprint density at radius 3 is 2.38 bits per heavy atom. The lowest BCUT2D eigenvalue weighted by atomic mass is 10.0. The second kappa shape index (κ2) is 6.37. The summed E-state index contributed by atoms with van der Waals surface area (Å²) in [6.45, 7) is 16.0. The van der Waals surface area contributed by atoms with Gasteiger partial charge in [0.2, 0.25) is 0 Å². The van der Waals surface area contributed by atoms with E-state index in [2.05, 4.69) is 76.9 Å². The Labute approximate surface area is 148 Å². The molecule has 0 saturated heterocycles. The number of allylic oxidation sites excluding steroid dienone is 7. The van der Waals surface area contributed by atoms with Crippen LogP contribution in [0.2, 0.25) is 18.6 Å². The van der Waals surface area contributed by atoms with Gasteiger partial charge in [-0.15, -0.1) is 6.58 Å². The lowest BCUT2D eigenvalue weighted by molar-refractivity contribution is 1.05. The Morgan fingerprint density at radius 1 is 1.04 bits per heavy atom. The third-order valence-corrected chi connectivity index (χ3v) is 10.6. The second-order valence-electron chi connectivity index (χ2n) is 8.04. The van der Waals surface area contributed by atoms with E-state index < -0.39 is 8.07 Å². The van der Waals surface area contributed by atoms with Gasteiger partial charge in [-0.05, 0) is 67.0 Å². The number of benzene rings is 1. The van der Waals surface area contributed by atoms with Crippen molar-refractivity contribution in [2.45, 2.75) is 57.8 Å². The highest BCUT2D eigenvalue weighted by molar-refractivity contribution is 6.82. The van der Waals surface area contributed by atoms with Crippen LogP contribution in [-0.2, 0) is 0 Å². The van der Waals surface area contributed by atoms with Crippen LogP contribution >= 0.6 is 0 Å².